The molecule has 0 nitrogen and oxygen atoms in total. The molecule has 1 heteroatoms. The van der Waals surface area contributed by atoms with E-state index in [1.54, 1.807) is 18.1 Å². The van der Waals surface area contributed by atoms with Crippen molar-refractivity contribution in [2.24, 2.45) is 0 Å². The summed E-state index contributed by atoms with van der Waals surface area (Å²) in [6.45, 7) is 13.0. The monoisotopic (exact) mass is 270 g/mol. The highest BCUT2D eigenvalue weighted by molar-refractivity contribution is 6.58. The van der Waals surface area contributed by atoms with Crippen molar-refractivity contribution in [3.8, 4) is 0 Å². The van der Waals surface area contributed by atoms with Crippen molar-refractivity contribution in [1.82, 2.24) is 0 Å². The first kappa shape index (κ1) is 20.3. The Kier molecular flexibility index (Phi) is 21.7. The maximum Gasteiger partial charge on any atom is 0.0367 e. The van der Waals surface area contributed by atoms with E-state index < -0.39 is 0 Å². The zero-order chi connectivity index (χ0) is 14.1. The lowest BCUT2D eigenvalue weighted by Crippen LogP contribution is -2.11. The van der Waals surface area contributed by atoms with Crippen LogP contribution in [-0.4, -0.2) is 8.80 Å². The quantitative estimate of drug-likeness (QED) is 0.213. The van der Waals surface area contributed by atoms with E-state index in [-0.39, 0.29) is 8.80 Å². The molecule has 0 unspecified atom stereocenters. The molecule has 0 aromatic carbocycles. The van der Waals surface area contributed by atoms with Crippen LogP contribution in [0.25, 0.3) is 0 Å². The predicted octanol–water partition coefficient (Wildman–Crippen LogP) is 6.59. The van der Waals surface area contributed by atoms with Gasteiger partial charge in [0.1, 0.15) is 0 Å². The molecule has 0 saturated heterocycles. The van der Waals surface area contributed by atoms with Crippen molar-refractivity contribution in [3.05, 3.63) is 13.2 Å². The summed E-state index contributed by atoms with van der Waals surface area (Å²) in [5.74, 6) is 0. The fourth-order valence-electron chi connectivity index (χ4n) is 2.48. The minimum Gasteiger partial charge on any atom is -0.106 e. The summed E-state index contributed by atoms with van der Waals surface area (Å²) in [6.07, 6.45) is 13.2. The summed E-state index contributed by atoms with van der Waals surface area (Å²) in [7, 11) is -0.329. The molecule has 0 heterocycles. The van der Waals surface area contributed by atoms with Crippen molar-refractivity contribution in [3.63, 3.8) is 0 Å². The van der Waals surface area contributed by atoms with Crippen LogP contribution in [0.2, 0.25) is 18.1 Å². The molecule has 0 aliphatic heterocycles. The molecule has 0 radical (unpaired) electrons. The molecule has 0 aromatic heterocycles. The van der Waals surface area contributed by atoms with Crippen LogP contribution in [0.5, 0.6) is 0 Å². The molecule has 0 saturated carbocycles. The van der Waals surface area contributed by atoms with Crippen LogP contribution < -0.4 is 0 Å². The van der Waals surface area contributed by atoms with E-state index >= 15 is 0 Å². The number of hydrogen-bond acceptors (Lipinski definition) is 0. The lowest BCUT2D eigenvalue weighted by atomic mass is 10.3. The average Bonchev–Trinajstić information content (AvgIpc) is 2.41. The van der Waals surface area contributed by atoms with Crippen LogP contribution >= 0.6 is 0 Å². The lowest BCUT2D eigenvalue weighted by Gasteiger charge is -2.14. The van der Waals surface area contributed by atoms with Gasteiger partial charge in [0.15, 0.2) is 0 Å². The summed E-state index contributed by atoms with van der Waals surface area (Å²) in [6, 6.07) is 4.92. The summed E-state index contributed by atoms with van der Waals surface area (Å²) in [5.41, 5.74) is 0. The first-order valence-electron chi connectivity index (χ1n) is 8.35. The van der Waals surface area contributed by atoms with Crippen LogP contribution in [0.15, 0.2) is 13.2 Å². The van der Waals surface area contributed by atoms with Gasteiger partial charge in [-0.15, -0.1) is 13.2 Å². The molecule has 0 rings (SSSR count). The number of rotatable bonds is 12. The van der Waals surface area contributed by atoms with E-state index in [0.717, 1.165) is 0 Å². The zero-order valence-corrected chi connectivity index (χ0v) is 14.6. The summed E-state index contributed by atoms with van der Waals surface area (Å²) in [5, 5.41) is 0. The van der Waals surface area contributed by atoms with Crippen molar-refractivity contribution < 1.29 is 0 Å². The van der Waals surface area contributed by atoms with Crippen molar-refractivity contribution in [2.75, 3.05) is 0 Å². The van der Waals surface area contributed by atoms with Gasteiger partial charge >= 0.3 is 0 Å². The second kappa shape index (κ2) is 19.3. The van der Waals surface area contributed by atoms with E-state index in [0.29, 0.717) is 0 Å². The summed E-state index contributed by atoms with van der Waals surface area (Å²) >= 11 is 0. The largest absolute Gasteiger partial charge is 0.106 e. The Bertz CT molecular complexity index is 110. The first-order valence-corrected chi connectivity index (χ1v) is 10.8. The Balaban J connectivity index is 0. The standard InChI is InChI=1S/C15H34Si.C2H4/c1-4-7-10-13-16(14-11-8-5-2)15-12-9-6-3;1-2/h16H,4-15H2,1-3H3;1-2H2. The van der Waals surface area contributed by atoms with Gasteiger partial charge in [-0.2, -0.15) is 0 Å². The molecule has 0 atom stereocenters. The first-order chi connectivity index (χ1) is 8.85. The highest BCUT2D eigenvalue weighted by Crippen LogP contribution is 2.18. The maximum absolute atomic E-state index is 3.00. The highest BCUT2D eigenvalue weighted by atomic mass is 28.3. The van der Waals surface area contributed by atoms with Gasteiger partial charge in [0, 0.05) is 8.80 Å². The minimum atomic E-state index is -0.329. The average molecular weight is 271 g/mol. The van der Waals surface area contributed by atoms with Crippen LogP contribution in [0.3, 0.4) is 0 Å². The van der Waals surface area contributed by atoms with E-state index in [1.165, 1.54) is 57.8 Å². The molecule has 0 N–H and O–H groups in total. The Labute approximate surface area is 119 Å². The third-order valence-electron chi connectivity index (χ3n) is 3.65. The van der Waals surface area contributed by atoms with Gasteiger partial charge in [-0.05, 0) is 0 Å². The Morgan fingerprint density at radius 2 is 0.833 bits per heavy atom. The predicted molar refractivity (Wildman–Crippen MR) is 91.4 cm³/mol. The molecule has 0 bridgehead atoms. The van der Waals surface area contributed by atoms with Crippen LogP contribution in [0.1, 0.15) is 78.6 Å². The summed E-state index contributed by atoms with van der Waals surface area (Å²) < 4.78 is 0. The van der Waals surface area contributed by atoms with Gasteiger partial charge in [-0.1, -0.05) is 96.7 Å². The molecular weight excluding hydrogens is 232 g/mol. The zero-order valence-electron chi connectivity index (χ0n) is 13.5. The van der Waals surface area contributed by atoms with E-state index in [1.807, 2.05) is 0 Å². The van der Waals surface area contributed by atoms with Gasteiger partial charge in [-0.3, -0.25) is 0 Å². The minimum absolute atomic E-state index is 0.329. The molecule has 0 fully saturated rings. The molecule has 110 valence electrons. The molecule has 0 amide bonds. The molecule has 0 aliphatic rings. The molecule has 0 spiro atoms. The Morgan fingerprint density at radius 1 is 0.556 bits per heavy atom. The molecular formula is C17H38Si. The second-order valence-electron chi connectivity index (χ2n) is 5.35. The topological polar surface area (TPSA) is 0 Å². The van der Waals surface area contributed by atoms with Crippen molar-refractivity contribution in [2.45, 2.75) is 96.7 Å². The lowest BCUT2D eigenvalue weighted by molar-refractivity contribution is 0.726. The Morgan fingerprint density at radius 3 is 1.06 bits per heavy atom. The van der Waals surface area contributed by atoms with E-state index in [2.05, 4.69) is 33.9 Å². The van der Waals surface area contributed by atoms with E-state index in [4.69, 9.17) is 0 Å². The SMILES string of the molecule is C=C.CCCCC[SiH](CCCCC)CCCCC. The third-order valence-corrected chi connectivity index (χ3v) is 7.32. The van der Waals surface area contributed by atoms with Crippen LogP contribution in [0.4, 0.5) is 0 Å². The molecule has 0 aromatic rings. The maximum atomic E-state index is 3.00. The smallest absolute Gasteiger partial charge is 0.0367 e. The third kappa shape index (κ3) is 16.0. The van der Waals surface area contributed by atoms with Gasteiger partial charge in [-0.25, -0.2) is 0 Å². The molecule has 0 aliphatic carbocycles. The van der Waals surface area contributed by atoms with Crippen molar-refractivity contribution in [1.29, 1.82) is 0 Å². The highest BCUT2D eigenvalue weighted by Gasteiger charge is 2.09. The van der Waals surface area contributed by atoms with E-state index in [9.17, 15) is 0 Å². The van der Waals surface area contributed by atoms with Gasteiger partial charge in [0.25, 0.3) is 0 Å². The number of hydrogen-bond donors (Lipinski definition) is 0. The fourth-order valence-corrected chi connectivity index (χ4v) is 5.95. The van der Waals surface area contributed by atoms with Crippen LogP contribution in [0, 0.1) is 0 Å². The van der Waals surface area contributed by atoms with Gasteiger partial charge in [0.05, 0.1) is 0 Å². The second-order valence-corrected chi connectivity index (χ2v) is 8.82. The van der Waals surface area contributed by atoms with Crippen LogP contribution in [-0.2, 0) is 0 Å². The number of unbranched alkanes of at least 4 members (excludes halogenated alkanes) is 6. The normalized spacial score (nSPS) is 10.2. The fraction of sp³-hybridized carbons (Fsp3) is 0.882. The van der Waals surface area contributed by atoms with Crippen molar-refractivity contribution >= 4 is 8.80 Å². The summed E-state index contributed by atoms with van der Waals surface area (Å²) in [4.78, 5) is 0. The molecule has 18 heavy (non-hydrogen) atoms. The van der Waals surface area contributed by atoms with Gasteiger partial charge < -0.3 is 0 Å². The Hall–Kier alpha value is -0.0431. The van der Waals surface area contributed by atoms with Gasteiger partial charge in [0.2, 0.25) is 0 Å².